The van der Waals surface area contributed by atoms with Gasteiger partial charge in [-0.15, -0.1) is 0 Å². The molecule has 0 bridgehead atoms. The van der Waals surface area contributed by atoms with Crippen LogP contribution in [0.4, 0.5) is 10.5 Å². The lowest BCUT2D eigenvalue weighted by molar-refractivity contribution is 0.0696. The Morgan fingerprint density at radius 3 is 2.36 bits per heavy atom. The van der Waals surface area contributed by atoms with Crippen molar-refractivity contribution in [2.75, 3.05) is 5.32 Å². The molecule has 0 spiro atoms. The number of rotatable bonds is 5. The normalized spacial score (nSPS) is 11.7. The molecule has 28 heavy (non-hydrogen) atoms. The van der Waals surface area contributed by atoms with E-state index < -0.39 is 18.2 Å². The summed E-state index contributed by atoms with van der Waals surface area (Å²) in [5, 5.41) is 16.2. The fourth-order valence-electron chi connectivity index (χ4n) is 2.99. The minimum Gasteiger partial charge on any atom is -0.478 e. The average Bonchev–Trinajstić information content (AvgIpc) is 2.95. The van der Waals surface area contributed by atoms with Gasteiger partial charge in [-0.1, -0.05) is 42.5 Å². The number of benzene rings is 2. The number of carbonyl (C=O) groups is 2. The number of nitrogens with zero attached hydrogens (tertiary/aromatic N) is 2. The van der Waals surface area contributed by atoms with Crippen molar-refractivity contribution in [1.29, 1.82) is 0 Å². The maximum atomic E-state index is 12.4. The Hall–Kier alpha value is -3.61. The predicted molar refractivity (Wildman–Crippen MR) is 105 cm³/mol. The van der Waals surface area contributed by atoms with Crippen LogP contribution < -0.4 is 5.32 Å². The number of aryl methyl sites for hydroxylation is 2. The Morgan fingerprint density at radius 1 is 1.11 bits per heavy atom. The monoisotopic (exact) mass is 379 g/mol. The molecular formula is C21H21N3O4. The third kappa shape index (κ3) is 4.03. The van der Waals surface area contributed by atoms with Gasteiger partial charge in [-0.25, -0.2) is 9.59 Å². The SMILES string of the molecule is Cc1nn(C)c(-c2ccc(C(=O)O)cc2)c1NC(=O)O[C@H](C)c1ccccc1. The van der Waals surface area contributed by atoms with Crippen LogP contribution in [-0.2, 0) is 11.8 Å². The number of anilines is 1. The summed E-state index contributed by atoms with van der Waals surface area (Å²) in [6.07, 6.45) is -0.993. The van der Waals surface area contributed by atoms with Gasteiger partial charge in [0.05, 0.1) is 22.6 Å². The average molecular weight is 379 g/mol. The molecule has 1 atom stereocenters. The Kier molecular flexibility index (Phi) is 5.44. The van der Waals surface area contributed by atoms with E-state index in [0.717, 1.165) is 11.1 Å². The molecule has 1 heterocycles. The zero-order valence-corrected chi connectivity index (χ0v) is 15.8. The molecule has 3 rings (SSSR count). The zero-order valence-electron chi connectivity index (χ0n) is 15.8. The van der Waals surface area contributed by atoms with Crippen molar-refractivity contribution in [2.45, 2.75) is 20.0 Å². The van der Waals surface area contributed by atoms with Gasteiger partial charge >= 0.3 is 12.1 Å². The maximum Gasteiger partial charge on any atom is 0.412 e. The highest BCUT2D eigenvalue weighted by Gasteiger charge is 2.20. The topological polar surface area (TPSA) is 93.5 Å². The molecule has 0 aliphatic heterocycles. The largest absolute Gasteiger partial charge is 0.478 e. The maximum absolute atomic E-state index is 12.4. The van der Waals surface area contributed by atoms with Crippen LogP contribution in [0.5, 0.6) is 0 Å². The fourth-order valence-corrected chi connectivity index (χ4v) is 2.99. The van der Waals surface area contributed by atoms with Gasteiger partial charge in [-0.05, 0) is 31.5 Å². The molecule has 0 unspecified atom stereocenters. The van der Waals surface area contributed by atoms with Crippen molar-refractivity contribution >= 4 is 17.7 Å². The summed E-state index contributed by atoms with van der Waals surface area (Å²) < 4.78 is 7.12. The molecule has 144 valence electrons. The number of carboxylic acid groups (broad SMARTS) is 1. The number of carboxylic acids is 1. The molecule has 2 N–H and O–H groups in total. The molecule has 0 saturated heterocycles. The highest BCUT2D eigenvalue weighted by Crippen LogP contribution is 2.31. The van der Waals surface area contributed by atoms with Crippen LogP contribution >= 0.6 is 0 Å². The summed E-state index contributed by atoms with van der Waals surface area (Å²) in [5.74, 6) is -0.996. The standard InChI is InChI=1S/C21H21N3O4/c1-13-18(22-21(27)28-14(2)15-7-5-4-6-8-15)19(24(3)23-13)16-9-11-17(12-10-16)20(25)26/h4-12,14H,1-3H3,(H,22,27)(H,25,26)/t14-/m1/s1. The van der Waals surface area contributed by atoms with Gasteiger partial charge in [0.1, 0.15) is 6.10 Å². The number of aromatic carboxylic acids is 1. The van der Waals surface area contributed by atoms with E-state index in [-0.39, 0.29) is 5.56 Å². The molecule has 7 nitrogen and oxygen atoms in total. The van der Waals surface area contributed by atoms with Crippen LogP contribution in [0.15, 0.2) is 54.6 Å². The smallest absolute Gasteiger partial charge is 0.412 e. The van der Waals surface area contributed by atoms with Crippen molar-refractivity contribution in [3.63, 3.8) is 0 Å². The van der Waals surface area contributed by atoms with Crippen molar-refractivity contribution in [3.8, 4) is 11.3 Å². The molecule has 0 saturated carbocycles. The number of aromatic nitrogens is 2. The molecule has 2 aromatic carbocycles. The highest BCUT2D eigenvalue weighted by atomic mass is 16.6. The second-order valence-corrected chi connectivity index (χ2v) is 6.40. The summed E-state index contributed by atoms with van der Waals surface area (Å²) in [7, 11) is 1.76. The first-order valence-electron chi connectivity index (χ1n) is 8.76. The Balaban J connectivity index is 1.82. The van der Waals surface area contributed by atoms with Gasteiger partial charge < -0.3 is 9.84 Å². The van der Waals surface area contributed by atoms with Crippen LogP contribution in [-0.4, -0.2) is 26.9 Å². The molecule has 1 amide bonds. The molecule has 7 heteroatoms. The van der Waals surface area contributed by atoms with Crippen molar-refractivity contribution < 1.29 is 19.4 Å². The van der Waals surface area contributed by atoms with Gasteiger partial charge in [0.15, 0.2) is 0 Å². The van der Waals surface area contributed by atoms with E-state index in [0.29, 0.717) is 17.1 Å². The van der Waals surface area contributed by atoms with E-state index in [1.807, 2.05) is 30.3 Å². The Bertz CT molecular complexity index is 994. The van der Waals surface area contributed by atoms with Gasteiger partial charge in [0.25, 0.3) is 0 Å². The van der Waals surface area contributed by atoms with E-state index in [1.165, 1.54) is 12.1 Å². The molecule has 3 aromatic rings. The van der Waals surface area contributed by atoms with Gasteiger partial charge in [0, 0.05) is 12.6 Å². The highest BCUT2D eigenvalue weighted by molar-refractivity contribution is 5.92. The van der Waals surface area contributed by atoms with Crippen LogP contribution in [0.1, 0.15) is 34.6 Å². The molecule has 0 aliphatic rings. The molecule has 0 radical (unpaired) electrons. The lowest BCUT2D eigenvalue weighted by Crippen LogP contribution is -2.17. The first kappa shape index (κ1) is 19.2. The second-order valence-electron chi connectivity index (χ2n) is 6.40. The van der Waals surface area contributed by atoms with E-state index in [4.69, 9.17) is 9.84 Å². The van der Waals surface area contributed by atoms with E-state index in [2.05, 4.69) is 10.4 Å². The summed E-state index contributed by atoms with van der Waals surface area (Å²) in [6, 6.07) is 15.8. The van der Waals surface area contributed by atoms with Gasteiger partial charge in [-0.3, -0.25) is 10.00 Å². The number of nitrogens with one attached hydrogen (secondary N) is 1. The van der Waals surface area contributed by atoms with Gasteiger partial charge in [0.2, 0.25) is 0 Å². The third-order valence-corrected chi connectivity index (χ3v) is 4.41. The first-order chi connectivity index (χ1) is 13.4. The first-order valence-corrected chi connectivity index (χ1v) is 8.76. The molecule has 1 aromatic heterocycles. The molecule has 0 aliphatic carbocycles. The Morgan fingerprint density at radius 2 is 1.75 bits per heavy atom. The lowest BCUT2D eigenvalue weighted by atomic mass is 10.1. The summed E-state index contributed by atoms with van der Waals surface area (Å²) in [5.41, 5.74) is 3.64. The molecular weight excluding hydrogens is 358 g/mol. The lowest BCUT2D eigenvalue weighted by Gasteiger charge is -2.15. The summed E-state index contributed by atoms with van der Waals surface area (Å²) in [4.78, 5) is 23.5. The van der Waals surface area contributed by atoms with E-state index in [1.54, 1.807) is 37.7 Å². The number of hydrogen-bond donors (Lipinski definition) is 2. The third-order valence-electron chi connectivity index (χ3n) is 4.41. The molecule has 0 fully saturated rings. The van der Waals surface area contributed by atoms with Crippen LogP contribution in [0.25, 0.3) is 11.3 Å². The van der Waals surface area contributed by atoms with Crippen LogP contribution in [0.2, 0.25) is 0 Å². The number of amides is 1. The quantitative estimate of drug-likeness (QED) is 0.685. The summed E-state index contributed by atoms with van der Waals surface area (Å²) in [6.45, 7) is 3.59. The van der Waals surface area contributed by atoms with Crippen molar-refractivity contribution in [2.24, 2.45) is 7.05 Å². The second kappa shape index (κ2) is 7.96. The number of carbonyl (C=O) groups excluding carboxylic acids is 1. The fraction of sp³-hybridized carbons (Fsp3) is 0.190. The van der Waals surface area contributed by atoms with Gasteiger partial charge in [-0.2, -0.15) is 5.10 Å². The zero-order chi connectivity index (χ0) is 20.3. The number of ether oxygens (including phenoxy) is 1. The predicted octanol–water partition coefficient (Wildman–Crippen LogP) is 4.40. The number of hydrogen-bond acceptors (Lipinski definition) is 4. The minimum atomic E-state index is -0.996. The Labute approximate surface area is 162 Å². The van der Waals surface area contributed by atoms with Crippen LogP contribution in [0, 0.1) is 6.92 Å². The minimum absolute atomic E-state index is 0.188. The summed E-state index contributed by atoms with van der Waals surface area (Å²) >= 11 is 0. The van der Waals surface area contributed by atoms with E-state index in [9.17, 15) is 9.59 Å². The van der Waals surface area contributed by atoms with Crippen molar-refractivity contribution in [3.05, 3.63) is 71.4 Å². The van der Waals surface area contributed by atoms with Crippen LogP contribution in [0.3, 0.4) is 0 Å². The van der Waals surface area contributed by atoms with Crippen molar-refractivity contribution in [1.82, 2.24) is 9.78 Å². The van der Waals surface area contributed by atoms with E-state index >= 15 is 0 Å².